The SMILES string of the molecule is CCCCCCCCCCCCS(=O)(=O)C(=S)S(=O)(=O)C(C)(C)C#N. The van der Waals surface area contributed by atoms with Crippen molar-refractivity contribution in [3.05, 3.63) is 0 Å². The molecule has 0 aromatic carbocycles. The fraction of sp³-hybridized carbons (Fsp3) is 0.882. The predicted octanol–water partition coefficient (Wildman–Crippen LogP) is 4.32. The molecule has 0 aromatic heterocycles. The van der Waals surface area contributed by atoms with Crippen molar-refractivity contribution < 1.29 is 16.8 Å². The number of sulfone groups is 2. The zero-order chi connectivity index (χ0) is 19.6. The number of hydrogen-bond donors (Lipinski definition) is 0. The standard InChI is InChI=1S/C17H31NO4S3/c1-4-5-6-7-8-9-10-11-12-13-14-24(19,20)16(23)25(21,22)17(2,3)15-18/h4-14H2,1-3H3. The highest BCUT2D eigenvalue weighted by atomic mass is 32.3. The van der Waals surface area contributed by atoms with Crippen molar-refractivity contribution in [2.75, 3.05) is 5.75 Å². The Morgan fingerprint density at radius 3 is 1.68 bits per heavy atom. The van der Waals surface area contributed by atoms with Gasteiger partial charge in [0.1, 0.15) is 0 Å². The second kappa shape index (κ2) is 11.2. The van der Waals surface area contributed by atoms with Gasteiger partial charge in [-0.25, -0.2) is 16.8 Å². The number of rotatable bonds is 12. The van der Waals surface area contributed by atoms with Crippen LogP contribution in [0.15, 0.2) is 0 Å². The summed E-state index contributed by atoms with van der Waals surface area (Å²) in [5.74, 6) is -0.275. The van der Waals surface area contributed by atoms with Gasteiger partial charge in [0.15, 0.2) is 14.6 Å². The molecule has 0 heterocycles. The van der Waals surface area contributed by atoms with E-state index in [1.807, 2.05) is 0 Å². The van der Waals surface area contributed by atoms with Gasteiger partial charge < -0.3 is 0 Å². The molecule has 25 heavy (non-hydrogen) atoms. The van der Waals surface area contributed by atoms with Crippen molar-refractivity contribution >= 4 is 35.4 Å². The lowest BCUT2D eigenvalue weighted by Gasteiger charge is -2.16. The first-order valence-electron chi connectivity index (χ1n) is 8.95. The Morgan fingerprint density at radius 1 is 0.880 bits per heavy atom. The second-order valence-corrected chi connectivity index (χ2v) is 12.5. The van der Waals surface area contributed by atoms with Crippen molar-refractivity contribution in [3.8, 4) is 6.07 Å². The van der Waals surface area contributed by atoms with Gasteiger partial charge in [-0.3, -0.25) is 0 Å². The molecule has 0 unspecified atom stereocenters. The van der Waals surface area contributed by atoms with E-state index in [-0.39, 0.29) is 5.75 Å². The summed E-state index contributed by atoms with van der Waals surface area (Å²) in [6, 6.07) is 1.60. The van der Waals surface area contributed by atoms with Gasteiger partial charge in [-0.05, 0) is 20.3 Å². The third-order valence-electron chi connectivity index (χ3n) is 4.18. The quantitative estimate of drug-likeness (QED) is 0.352. The molecule has 0 amide bonds. The summed E-state index contributed by atoms with van der Waals surface area (Å²) < 4.78 is 45.8. The number of unbranched alkanes of at least 4 members (excludes halogenated alkanes) is 9. The minimum Gasteiger partial charge on any atom is -0.222 e. The first-order valence-corrected chi connectivity index (χ1v) is 12.5. The summed E-state index contributed by atoms with van der Waals surface area (Å²) in [5.41, 5.74) is 0. The van der Waals surface area contributed by atoms with E-state index in [4.69, 9.17) is 5.26 Å². The molecule has 8 heteroatoms. The van der Waals surface area contributed by atoms with Crippen molar-refractivity contribution in [1.29, 1.82) is 5.26 Å². The molecule has 0 spiro atoms. The smallest absolute Gasteiger partial charge is 0.222 e. The van der Waals surface area contributed by atoms with Gasteiger partial charge in [-0.15, -0.1) is 0 Å². The van der Waals surface area contributed by atoms with Crippen LogP contribution in [0.25, 0.3) is 0 Å². The molecule has 0 radical (unpaired) electrons. The zero-order valence-electron chi connectivity index (χ0n) is 15.6. The molecule has 0 fully saturated rings. The van der Waals surface area contributed by atoms with Gasteiger partial charge in [0, 0.05) is 0 Å². The van der Waals surface area contributed by atoms with Crippen LogP contribution < -0.4 is 0 Å². The van der Waals surface area contributed by atoms with Crippen LogP contribution in [0.5, 0.6) is 0 Å². The predicted molar refractivity (Wildman–Crippen MR) is 107 cm³/mol. The van der Waals surface area contributed by atoms with Gasteiger partial charge in [0.2, 0.25) is 13.4 Å². The topological polar surface area (TPSA) is 92.1 Å². The van der Waals surface area contributed by atoms with E-state index >= 15 is 0 Å². The molecule has 0 N–H and O–H groups in total. The number of nitriles is 1. The Balaban J connectivity index is 4.23. The summed E-state index contributed by atoms with van der Waals surface area (Å²) in [7, 11) is -8.35. The van der Waals surface area contributed by atoms with Crippen LogP contribution in [0.2, 0.25) is 0 Å². The lowest BCUT2D eigenvalue weighted by molar-refractivity contribution is 0.559. The number of nitrogens with zero attached hydrogens (tertiary/aromatic N) is 1. The Hall–Kier alpha value is -0.520. The average molecular weight is 410 g/mol. The van der Waals surface area contributed by atoms with Crippen molar-refractivity contribution in [2.45, 2.75) is 89.7 Å². The molecule has 0 bridgehead atoms. The minimum atomic E-state index is -4.33. The van der Waals surface area contributed by atoms with Crippen molar-refractivity contribution in [1.82, 2.24) is 0 Å². The first kappa shape index (κ1) is 24.5. The molecule has 0 aliphatic heterocycles. The van der Waals surface area contributed by atoms with E-state index in [1.165, 1.54) is 32.1 Å². The van der Waals surface area contributed by atoms with Crippen LogP contribution in [0, 0.1) is 11.3 Å². The van der Waals surface area contributed by atoms with E-state index in [0.29, 0.717) is 6.42 Å². The van der Waals surface area contributed by atoms with Crippen molar-refractivity contribution in [3.63, 3.8) is 0 Å². The molecule has 5 nitrogen and oxygen atoms in total. The maximum Gasteiger partial charge on any atom is 0.223 e. The fourth-order valence-corrected chi connectivity index (χ4v) is 6.67. The Morgan fingerprint density at radius 2 is 1.28 bits per heavy atom. The normalized spacial score (nSPS) is 12.7. The Bertz CT molecular complexity index is 658. The number of thiocarbonyl (C=S) groups is 1. The van der Waals surface area contributed by atoms with E-state index in [2.05, 4.69) is 19.1 Å². The minimum absolute atomic E-state index is 0.275. The largest absolute Gasteiger partial charge is 0.223 e. The van der Waals surface area contributed by atoms with Gasteiger partial charge in [0.25, 0.3) is 0 Å². The van der Waals surface area contributed by atoms with Gasteiger partial charge in [-0.1, -0.05) is 76.9 Å². The summed E-state index contributed by atoms with van der Waals surface area (Å²) in [4.78, 5) is 0. The first-order chi connectivity index (χ1) is 11.5. The van der Waals surface area contributed by atoms with Crippen LogP contribution in [-0.2, 0) is 19.7 Å². The van der Waals surface area contributed by atoms with Crippen molar-refractivity contribution in [2.24, 2.45) is 0 Å². The summed E-state index contributed by atoms with van der Waals surface area (Å²) in [6.07, 6.45) is 10.5. The Labute approximate surface area is 159 Å². The highest BCUT2D eigenvalue weighted by molar-refractivity contribution is 8.41. The number of hydrogen-bond acceptors (Lipinski definition) is 6. The molecule has 0 aliphatic rings. The van der Waals surface area contributed by atoms with Crippen LogP contribution in [0.3, 0.4) is 0 Å². The molecule has 0 saturated carbocycles. The molecule has 0 atom stereocenters. The average Bonchev–Trinajstić information content (AvgIpc) is 2.55. The lowest BCUT2D eigenvalue weighted by Crippen LogP contribution is -2.39. The zero-order valence-corrected chi connectivity index (χ0v) is 18.0. The van der Waals surface area contributed by atoms with E-state index in [1.54, 1.807) is 6.07 Å². The summed E-state index contributed by atoms with van der Waals surface area (Å²) in [5, 5.41) is 8.93. The van der Waals surface area contributed by atoms with E-state index < -0.39 is 28.0 Å². The molecule has 0 saturated heterocycles. The highest BCUT2D eigenvalue weighted by Crippen LogP contribution is 2.21. The maximum atomic E-state index is 12.2. The van der Waals surface area contributed by atoms with Gasteiger partial charge in [-0.2, -0.15) is 5.26 Å². The monoisotopic (exact) mass is 409 g/mol. The molecular weight excluding hydrogens is 378 g/mol. The summed E-state index contributed by atoms with van der Waals surface area (Å²) >= 11 is 4.68. The van der Waals surface area contributed by atoms with Crippen LogP contribution in [0.4, 0.5) is 0 Å². The highest BCUT2D eigenvalue weighted by Gasteiger charge is 2.43. The molecule has 0 rings (SSSR count). The summed E-state index contributed by atoms with van der Waals surface area (Å²) in [6.45, 7) is 4.50. The second-order valence-electron chi connectivity index (χ2n) is 6.88. The maximum absolute atomic E-state index is 12.2. The molecular formula is C17H31NO4S3. The Kier molecular flexibility index (Phi) is 11.0. The van der Waals surface area contributed by atoms with Crippen LogP contribution in [0.1, 0.15) is 85.0 Å². The van der Waals surface area contributed by atoms with Gasteiger partial charge in [0.05, 0.1) is 11.8 Å². The van der Waals surface area contributed by atoms with E-state index in [0.717, 1.165) is 39.5 Å². The van der Waals surface area contributed by atoms with Gasteiger partial charge >= 0.3 is 0 Å². The fourth-order valence-electron chi connectivity index (χ4n) is 2.30. The molecule has 0 aliphatic carbocycles. The lowest BCUT2D eigenvalue weighted by atomic mass is 10.1. The third-order valence-corrected chi connectivity index (χ3v) is 10.2. The van der Waals surface area contributed by atoms with E-state index in [9.17, 15) is 16.8 Å². The van der Waals surface area contributed by atoms with Crippen LogP contribution in [-0.4, -0.2) is 30.9 Å². The third kappa shape index (κ3) is 8.14. The molecule has 146 valence electrons. The van der Waals surface area contributed by atoms with Crippen LogP contribution >= 0.6 is 12.2 Å². The molecule has 0 aromatic rings.